The van der Waals surface area contributed by atoms with E-state index in [1.165, 1.54) is 10.0 Å². The monoisotopic (exact) mass is 428 g/mol. The second kappa shape index (κ2) is 5.49. The van der Waals surface area contributed by atoms with Gasteiger partial charge in [-0.15, -0.1) is 0 Å². The second-order valence-corrected chi connectivity index (χ2v) is 7.97. The van der Waals surface area contributed by atoms with Gasteiger partial charge in [-0.2, -0.15) is 5.26 Å². The maximum Gasteiger partial charge on any atom is 0.263 e. The van der Waals surface area contributed by atoms with Gasteiger partial charge in [0.25, 0.3) is 9.05 Å². The number of benzene rings is 1. The number of aryl methyl sites for hydroxylation is 1. The van der Waals surface area contributed by atoms with Crippen LogP contribution in [0.4, 0.5) is 0 Å². The average Bonchev–Trinajstić information content (AvgIpc) is 2.65. The molecule has 9 heteroatoms. The molecule has 2 aromatic rings. The lowest BCUT2D eigenvalue weighted by Crippen LogP contribution is -1.98. The fourth-order valence-electron chi connectivity index (χ4n) is 1.80. The second-order valence-electron chi connectivity index (χ2n) is 3.71. The van der Waals surface area contributed by atoms with Crippen LogP contribution < -0.4 is 0 Å². The van der Waals surface area contributed by atoms with Gasteiger partial charge in [0.1, 0.15) is 51.9 Å². The standard InChI is InChI=1S/C10H6ClIN2O3S2/c1-6-2-7-4-8(5-13)14(18-17-12)10(7)9(3-6)19(11,15)16/h2-4H,1H3. The third kappa shape index (κ3) is 2.85. The minimum absolute atomic E-state index is 0.0355. The van der Waals surface area contributed by atoms with Gasteiger partial charge < -0.3 is 0 Å². The minimum atomic E-state index is -3.92. The first-order valence-corrected chi connectivity index (χ1v) is 8.74. The lowest BCUT2D eigenvalue weighted by atomic mass is 10.2. The van der Waals surface area contributed by atoms with Crippen LogP contribution in [0.1, 0.15) is 11.3 Å². The number of rotatable bonds is 3. The Balaban J connectivity index is 2.96. The largest absolute Gasteiger partial charge is 0.263 e. The molecule has 1 aromatic heterocycles. The topological polar surface area (TPSA) is 72.1 Å². The molecular formula is C10H6ClIN2O3S2. The molecule has 19 heavy (non-hydrogen) atoms. The van der Waals surface area contributed by atoms with Crippen molar-refractivity contribution >= 4 is 65.9 Å². The predicted octanol–water partition coefficient (Wildman–Crippen LogP) is 3.53. The van der Waals surface area contributed by atoms with E-state index in [1.807, 2.05) is 6.07 Å². The Labute approximate surface area is 132 Å². The third-order valence-corrected chi connectivity index (χ3v) is 4.85. The summed E-state index contributed by atoms with van der Waals surface area (Å²) in [5, 5.41) is 9.71. The van der Waals surface area contributed by atoms with Gasteiger partial charge in [0, 0.05) is 16.1 Å². The van der Waals surface area contributed by atoms with E-state index in [4.69, 9.17) is 18.5 Å². The summed E-state index contributed by atoms with van der Waals surface area (Å²) in [5.74, 6) is 0. The molecule has 1 heterocycles. The molecule has 2 rings (SSSR count). The van der Waals surface area contributed by atoms with Gasteiger partial charge >= 0.3 is 0 Å². The minimum Gasteiger partial charge on any atom is -0.249 e. The van der Waals surface area contributed by atoms with E-state index < -0.39 is 9.05 Å². The summed E-state index contributed by atoms with van der Waals surface area (Å²) in [6.07, 6.45) is 0. The van der Waals surface area contributed by atoms with Crippen LogP contribution in [0, 0.1) is 18.3 Å². The molecule has 0 aliphatic heterocycles. The molecule has 1 aromatic carbocycles. The summed E-state index contributed by atoms with van der Waals surface area (Å²) in [6.45, 7) is 1.76. The number of nitrogens with zero attached hydrogens (tertiary/aromatic N) is 2. The van der Waals surface area contributed by atoms with Crippen LogP contribution in [0.3, 0.4) is 0 Å². The van der Waals surface area contributed by atoms with Gasteiger partial charge in [0.15, 0.2) is 0 Å². The summed E-state index contributed by atoms with van der Waals surface area (Å²) >= 11 is 2.50. The number of fused-ring (bicyclic) bond motifs is 1. The summed E-state index contributed by atoms with van der Waals surface area (Å²) < 4.78 is 29.6. The normalized spacial score (nSPS) is 11.7. The van der Waals surface area contributed by atoms with Gasteiger partial charge in [-0.1, -0.05) is 0 Å². The summed E-state index contributed by atoms with van der Waals surface area (Å²) in [4.78, 5) is -0.0355. The first kappa shape index (κ1) is 14.9. The summed E-state index contributed by atoms with van der Waals surface area (Å²) in [7, 11) is 1.54. The molecule has 0 aliphatic rings. The lowest BCUT2D eigenvalue weighted by molar-refractivity contribution is 0.610. The zero-order valence-corrected chi connectivity index (χ0v) is 14.0. The zero-order chi connectivity index (χ0) is 14.2. The van der Waals surface area contributed by atoms with E-state index in [0.29, 0.717) is 10.9 Å². The van der Waals surface area contributed by atoms with E-state index in [9.17, 15) is 8.42 Å². The Morgan fingerprint density at radius 1 is 1.47 bits per heavy atom. The maximum absolute atomic E-state index is 11.7. The van der Waals surface area contributed by atoms with Crippen molar-refractivity contribution < 1.29 is 10.9 Å². The number of nitriles is 1. The molecule has 0 N–H and O–H groups in total. The molecule has 0 amide bonds. The Morgan fingerprint density at radius 2 is 2.16 bits per heavy atom. The van der Waals surface area contributed by atoms with Crippen LogP contribution in [0.15, 0.2) is 23.1 Å². The molecule has 0 aliphatic carbocycles. The van der Waals surface area contributed by atoms with Gasteiger partial charge in [0.2, 0.25) is 0 Å². The molecule has 0 fully saturated rings. The number of halogens is 2. The number of hydrogen-bond acceptors (Lipinski definition) is 5. The quantitative estimate of drug-likeness (QED) is 0.425. The Hall–Kier alpha value is -0.470. The molecule has 0 unspecified atom stereocenters. The van der Waals surface area contributed by atoms with Gasteiger partial charge in [-0.3, -0.25) is 0 Å². The highest BCUT2D eigenvalue weighted by Crippen LogP contribution is 2.33. The van der Waals surface area contributed by atoms with Crippen LogP contribution in [0.25, 0.3) is 10.9 Å². The first-order valence-electron chi connectivity index (χ1n) is 4.85. The van der Waals surface area contributed by atoms with Crippen LogP contribution in [-0.4, -0.2) is 12.4 Å². The van der Waals surface area contributed by atoms with E-state index in [-0.39, 0.29) is 10.6 Å². The average molecular weight is 429 g/mol. The molecule has 0 spiro atoms. The number of aromatic nitrogens is 1. The lowest BCUT2D eigenvalue weighted by Gasteiger charge is -2.06. The van der Waals surface area contributed by atoms with Crippen molar-refractivity contribution in [2.45, 2.75) is 11.8 Å². The van der Waals surface area contributed by atoms with Crippen LogP contribution in [-0.2, 0) is 11.6 Å². The Morgan fingerprint density at radius 3 is 2.68 bits per heavy atom. The molecular weight excluding hydrogens is 423 g/mol. The van der Waals surface area contributed by atoms with E-state index >= 15 is 0 Å². The fraction of sp³-hybridized carbons (Fsp3) is 0.100. The Bertz CT molecular complexity index is 795. The summed E-state index contributed by atoms with van der Waals surface area (Å²) in [6, 6.07) is 6.83. The maximum atomic E-state index is 11.7. The highest BCUT2D eigenvalue weighted by molar-refractivity contribution is 14.1. The van der Waals surface area contributed by atoms with Crippen LogP contribution in [0.5, 0.6) is 0 Å². The SMILES string of the molecule is Cc1cc(S(=O)(=O)Cl)c2c(c1)cc(C#N)n2SOI. The van der Waals surface area contributed by atoms with Crippen molar-refractivity contribution in [3.05, 3.63) is 29.5 Å². The van der Waals surface area contributed by atoms with Crippen molar-refractivity contribution in [2.24, 2.45) is 0 Å². The molecule has 0 radical (unpaired) electrons. The van der Waals surface area contributed by atoms with Crippen LogP contribution >= 0.6 is 45.9 Å². The number of hydrogen-bond donors (Lipinski definition) is 0. The van der Waals surface area contributed by atoms with E-state index in [2.05, 4.69) is 0 Å². The molecule has 0 atom stereocenters. The first-order chi connectivity index (χ1) is 8.88. The van der Waals surface area contributed by atoms with E-state index in [0.717, 1.165) is 17.8 Å². The van der Waals surface area contributed by atoms with Crippen molar-refractivity contribution in [1.82, 2.24) is 3.97 Å². The van der Waals surface area contributed by atoms with Crippen molar-refractivity contribution in [1.29, 1.82) is 5.26 Å². The van der Waals surface area contributed by atoms with Crippen molar-refractivity contribution in [2.75, 3.05) is 0 Å². The van der Waals surface area contributed by atoms with Crippen molar-refractivity contribution in [3.63, 3.8) is 0 Å². The highest BCUT2D eigenvalue weighted by atomic mass is 127. The smallest absolute Gasteiger partial charge is 0.249 e. The van der Waals surface area contributed by atoms with Gasteiger partial charge in [0.05, 0.1) is 5.52 Å². The fourth-order valence-corrected chi connectivity index (χ4v) is 3.96. The van der Waals surface area contributed by atoms with Gasteiger partial charge in [-0.25, -0.2) is 14.9 Å². The highest BCUT2D eigenvalue weighted by Gasteiger charge is 2.21. The zero-order valence-electron chi connectivity index (χ0n) is 9.42. The predicted molar refractivity (Wildman–Crippen MR) is 82.5 cm³/mol. The molecule has 0 saturated carbocycles. The van der Waals surface area contributed by atoms with Gasteiger partial charge in [-0.05, 0) is 30.7 Å². The molecule has 0 saturated heterocycles. The van der Waals surface area contributed by atoms with Crippen molar-refractivity contribution in [3.8, 4) is 6.07 Å². The molecule has 0 bridgehead atoms. The third-order valence-electron chi connectivity index (χ3n) is 2.44. The summed E-state index contributed by atoms with van der Waals surface area (Å²) in [5.41, 5.74) is 1.37. The van der Waals surface area contributed by atoms with Crippen LogP contribution in [0.2, 0.25) is 0 Å². The van der Waals surface area contributed by atoms with E-state index in [1.54, 1.807) is 42.1 Å². The Kier molecular flexibility index (Phi) is 4.32. The molecule has 100 valence electrons. The molecule has 5 nitrogen and oxygen atoms in total.